The van der Waals surface area contributed by atoms with E-state index in [1.165, 1.54) is 0 Å². The molecule has 0 radical (unpaired) electrons. The first-order valence-corrected chi connectivity index (χ1v) is 5.57. The van der Waals surface area contributed by atoms with Crippen molar-refractivity contribution < 1.29 is 0 Å². The Hall–Kier alpha value is -1.75. The lowest BCUT2D eigenvalue weighted by molar-refractivity contribution is 0.860. The Morgan fingerprint density at radius 3 is 2.94 bits per heavy atom. The normalized spacial score (nSPS) is 11.3. The van der Waals surface area contributed by atoms with Gasteiger partial charge in [0.15, 0.2) is 5.65 Å². The minimum Gasteiger partial charge on any atom is -0.277 e. The number of fused-ring (bicyclic) bond motifs is 3. The molecule has 0 unspecified atom stereocenters. The highest BCUT2D eigenvalue weighted by Gasteiger charge is 2.06. The number of rotatable bonds is 1. The van der Waals surface area contributed by atoms with Crippen molar-refractivity contribution in [3.05, 3.63) is 34.9 Å². The lowest BCUT2D eigenvalue weighted by Gasteiger charge is -1.98. The van der Waals surface area contributed by atoms with Crippen molar-refractivity contribution in [2.75, 3.05) is 0 Å². The van der Waals surface area contributed by atoms with Gasteiger partial charge in [-0.3, -0.25) is 5.10 Å². The number of aryl methyl sites for hydroxylation is 1. The summed E-state index contributed by atoms with van der Waals surface area (Å²) in [5.41, 5.74) is 1.74. The SMILES string of the molecule is CCc1nc2c3ccccc3nc(=S)n2[nH]1. The van der Waals surface area contributed by atoms with Crippen molar-refractivity contribution in [1.29, 1.82) is 0 Å². The summed E-state index contributed by atoms with van der Waals surface area (Å²) in [6, 6.07) is 7.89. The molecule has 0 spiro atoms. The molecule has 4 nitrogen and oxygen atoms in total. The number of nitrogens with one attached hydrogen (secondary N) is 1. The molecule has 0 bridgehead atoms. The van der Waals surface area contributed by atoms with E-state index in [0.29, 0.717) is 4.77 Å². The second-order valence-electron chi connectivity index (χ2n) is 3.59. The molecule has 5 heteroatoms. The Bertz CT molecular complexity index is 726. The zero-order valence-electron chi connectivity index (χ0n) is 8.77. The highest BCUT2D eigenvalue weighted by Crippen LogP contribution is 2.16. The van der Waals surface area contributed by atoms with Crippen molar-refractivity contribution in [3.8, 4) is 0 Å². The molecule has 1 N–H and O–H groups in total. The van der Waals surface area contributed by atoms with Crippen LogP contribution in [0.3, 0.4) is 0 Å². The lowest BCUT2D eigenvalue weighted by atomic mass is 10.2. The minimum absolute atomic E-state index is 0.515. The third-order valence-corrected chi connectivity index (χ3v) is 2.85. The number of benzene rings is 1. The van der Waals surface area contributed by atoms with Gasteiger partial charge in [-0.25, -0.2) is 14.5 Å². The van der Waals surface area contributed by atoms with Gasteiger partial charge in [0, 0.05) is 11.8 Å². The number of aromatic nitrogens is 4. The van der Waals surface area contributed by atoms with E-state index >= 15 is 0 Å². The van der Waals surface area contributed by atoms with E-state index in [1.807, 2.05) is 24.3 Å². The number of para-hydroxylation sites is 1. The van der Waals surface area contributed by atoms with Crippen LogP contribution < -0.4 is 0 Å². The summed E-state index contributed by atoms with van der Waals surface area (Å²) in [5.74, 6) is 0.921. The maximum Gasteiger partial charge on any atom is 0.221 e. The summed E-state index contributed by atoms with van der Waals surface area (Å²) in [7, 11) is 0. The molecule has 0 fully saturated rings. The molecule has 0 amide bonds. The number of H-pyrrole nitrogens is 1. The van der Waals surface area contributed by atoms with Crippen LogP contribution in [0.5, 0.6) is 0 Å². The van der Waals surface area contributed by atoms with Gasteiger partial charge in [-0.15, -0.1) is 0 Å². The van der Waals surface area contributed by atoms with Gasteiger partial charge in [0.25, 0.3) is 0 Å². The van der Waals surface area contributed by atoms with Crippen LogP contribution in [0.15, 0.2) is 24.3 Å². The second kappa shape index (κ2) is 3.38. The molecule has 0 saturated carbocycles. The summed E-state index contributed by atoms with van der Waals surface area (Å²) in [4.78, 5) is 8.88. The van der Waals surface area contributed by atoms with Crippen LogP contribution >= 0.6 is 12.2 Å². The monoisotopic (exact) mass is 230 g/mol. The van der Waals surface area contributed by atoms with E-state index in [1.54, 1.807) is 4.52 Å². The zero-order valence-corrected chi connectivity index (χ0v) is 9.58. The quantitative estimate of drug-likeness (QED) is 0.653. The van der Waals surface area contributed by atoms with Gasteiger partial charge in [-0.2, -0.15) is 0 Å². The predicted molar refractivity (Wildman–Crippen MR) is 65.1 cm³/mol. The van der Waals surface area contributed by atoms with E-state index in [0.717, 1.165) is 28.8 Å². The third kappa shape index (κ3) is 1.25. The smallest absolute Gasteiger partial charge is 0.221 e. The van der Waals surface area contributed by atoms with Crippen LogP contribution in [0, 0.1) is 4.77 Å². The Morgan fingerprint density at radius 2 is 2.12 bits per heavy atom. The molecule has 0 atom stereocenters. The zero-order chi connectivity index (χ0) is 11.1. The molecule has 16 heavy (non-hydrogen) atoms. The number of hydrogen-bond acceptors (Lipinski definition) is 3. The van der Waals surface area contributed by atoms with Crippen LogP contribution in [-0.2, 0) is 6.42 Å². The van der Waals surface area contributed by atoms with E-state index < -0.39 is 0 Å². The fourth-order valence-corrected chi connectivity index (χ4v) is 2.01. The first-order valence-electron chi connectivity index (χ1n) is 5.16. The van der Waals surface area contributed by atoms with Crippen LogP contribution in [0.4, 0.5) is 0 Å². The van der Waals surface area contributed by atoms with Crippen molar-refractivity contribution in [1.82, 2.24) is 19.6 Å². The predicted octanol–water partition coefficient (Wildman–Crippen LogP) is 2.50. The average Bonchev–Trinajstić information content (AvgIpc) is 2.74. The third-order valence-electron chi connectivity index (χ3n) is 2.58. The van der Waals surface area contributed by atoms with Crippen LogP contribution in [-0.4, -0.2) is 19.6 Å². The van der Waals surface area contributed by atoms with Gasteiger partial charge in [0.1, 0.15) is 5.82 Å². The highest BCUT2D eigenvalue weighted by molar-refractivity contribution is 7.71. The van der Waals surface area contributed by atoms with E-state index in [2.05, 4.69) is 22.0 Å². The molecule has 0 saturated heterocycles. The minimum atomic E-state index is 0.515. The van der Waals surface area contributed by atoms with E-state index in [9.17, 15) is 0 Å². The van der Waals surface area contributed by atoms with Gasteiger partial charge in [0.05, 0.1) is 5.52 Å². The molecular formula is C11H10N4S. The standard InChI is InChI=1S/C11H10N4S/c1-2-9-13-10-7-5-3-4-6-8(7)12-11(16)15(10)14-9/h3-6H,2H2,1H3,(H,13,14). The fraction of sp³-hybridized carbons (Fsp3) is 0.182. The first kappa shape index (κ1) is 9.47. The average molecular weight is 230 g/mol. The number of hydrogen-bond donors (Lipinski definition) is 1. The topological polar surface area (TPSA) is 46.0 Å². The fourth-order valence-electron chi connectivity index (χ4n) is 1.78. The Morgan fingerprint density at radius 1 is 1.31 bits per heavy atom. The van der Waals surface area contributed by atoms with Gasteiger partial charge in [0.2, 0.25) is 4.77 Å². The number of nitrogens with zero attached hydrogens (tertiary/aromatic N) is 3. The van der Waals surface area contributed by atoms with Gasteiger partial charge >= 0.3 is 0 Å². The summed E-state index contributed by atoms with van der Waals surface area (Å²) in [5, 5.41) is 4.16. The second-order valence-corrected chi connectivity index (χ2v) is 3.96. The van der Waals surface area contributed by atoms with Crippen LogP contribution in [0.2, 0.25) is 0 Å². The van der Waals surface area contributed by atoms with Gasteiger partial charge in [-0.05, 0) is 24.4 Å². The van der Waals surface area contributed by atoms with Crippen LogP contribution in [0.1, 0.15) is 12.7 Å². The molecule has 2 aromatic heterocycles. The molecule has 0 aliphatic carbocycles. The highest BCUT2D eigenvalue weighted by atomic mass is 32.1. The maximum absolute atomic E-state index is 5.22. The van der Waals surface area contributed by atoms with E-state index in [-0.39, 0.29) is 0 Å². The summed E-state index contributed by atoms with van der Waals surface area (Å²) in [6.45, 7) is 2.05. The molecule has 1 aromatic carbocycles. The summed E-state index contributed by atoms with van der Waals surface area (Å²) >= 11 is 5.22. The Kier molecular flexibility index (Phi) is 2.00. The Labute approximate surface area is 96.9 Å². The van der Waals surface area contributed by atoms with Crippen molar-refractivity contribution in [2.45, 2.75) is 13.3 Å². The maximum atomic E-state index is 5.22. The van der Waals surface area contributed by atoms with Gasteiger partial charge in [-0.1, -0.05) is 19.1 Å². The summed E-state index contributed by atoms with van der Waals surface area (Å²) in [6.07, 6.45) is 0.852. The molecular weight excluding hydrogens is 220 g/mol. The van der Waals surface area contributed by atoms with Crippen molar-refractivity contribution in [3.63, 3.8) is 0 Å². The summed E-state index contributed by atoms with van der Waals surface area (Å²) < 4.78 is 2.28. The molecule has 0 aliphatic heterocycles. The molecule has 3 aromatic rings. The van der Waals surface area contributed by atoms with Crippen molar-refractivity contribution in [2.24, 2.45) is 0 Å². The molecule has 2 heterocycles. The molecule has 3 rings (SSSR count). The van der Waals surface area contributed by atoms with E-state index in [4.69, 9.17) is 12.2 Å². The molecule has 80 valence electrons. The van der Waals surface area contributed by atoms with Crippen LogP contribution in [0.25, 0.3) is 16.6 Å². The van der Waals surface area contributed by atoms with Gasteiger partial charge < -0.3 is 0 Å². The Balaban J connectivity index is 2.57. The first-order chi connectivity index (χ1) is 7.79. The molecule has 0 aliphatic rings. The number of aromatic amines is 1. The van der Waals surface area contributed by atoms with Crippen molar-refractivity contribution >= 4 is 28.8 Å². The largest absolute Gasteiger partial charge is 0.277 e. The lowest BCUT2D eigenvalue weighted by Crippen LogP contribution is -1.94.